The van der Waals surface area contributed by atoms with Crippen LogP contribution in [0, 0.1) is 11.8 Å². The van der Waals surface area contributed by atoms with E-state index in [0.29, 0.717) is 12.3 Å². The second-order valence-corrected chi connectivity index (χ2v) is 5.19. The maximum absolute atomic E-state index is 10.2. The Hall–Kier alpha value is -0.900. The van der Waals surface area contributed by atoms with Gasteiger partial charge in [0.05, 0.1) is 11.8 Å². The van der Waals surface area contributed by atoms with Gasteiger partial charge < -0.3 is 5.11 Å². The van der Waals surface area contributed by atoms with E-state index in [1.165, 1.54) is 12.8 Å². The Bertz CT molecular complexity index is 337. The van der Waals surface area contributed by atoms with E-state index in [4.69, 9.17) is 0 Å². The minimum atomic E-state index is -0.251. The third-order valence-electron chi connectivity index (χ3n) is 3.59. The summed E-state index contributed by atoms with van der Waals surface area (Å²) in [5.41, 5.74) is 0.897. The van der Waals surface area contributed by atoms with Gasteiger partial charge in [-0.3, -0.25) is 4.68 Å². The summed E-state index contributed by atoms with van der Waals surface area (Å²) >= 11 is 0. The standard InChI is InChI=1S/C12H21N3O/c1-9-4-3-5-10(6-9)12(16)7-11-8-15(2)14-13-11/h8-10,12,16H,3-7H2,1-2H3. The zero-order valence-corrected chi connectivity index (χ0v) is 10.1. The van der Waals surface area contributed by atoms with Gasteiger partial charge in [0.2, 0.25) is 0 Å². The Balaban J connectivity index is 1.89. The Morgan fingerprint density at radius 2 is 2.38 bits per heavy atom. The molecule has 16 heavy (non-hydrogen) atoms. The van der Waals surface area contributed by atoms with E-state index in [9.17, 15) is 5.11 Å². The molecule has 0 aliphatic heterocycles. The third kappa shape index (κ3) is 2.82. The lowest BCUT2D eigenvalue weighted by molar-refractivity contribution is 0.0712. The summed E-state index contributed by atoms with van der Waals surface area (Å²) < 4.78 is 1.69. The molecular weight excluding hydrogens is 202 g/mol. The van der Waals surface area contributed by atoms with Crippen molar-refractivity contribution in [2.24, 2.45) is 18.9 Å². The van der Waals surface area contributed by atoms with Crippen LogP contribution in [0.25, 0.3) is 0 Å². The summed E-state index contributed by atoms with van der Waals surface area (Å²) in [5.74, 6) is 1.21. The van der Waals surface area contributed by atoms with Crippen molar-refractivity contribution >= 4 is 0 Å². The van der Waals surface area contributed by atoms with E-state index in [1.807, 2.05) is 13.2 Å². The van der Waals surface area contributed by atoms with Crippen LogP contribution in [0.15, 0.2) is 6.20 Å². The molecule has 1 heterocycles. The van der Waals surface area contributed by atoms with Crippen molar-refractivity contribution < 1.29 is 5.11 Å². The first-order chi connectivity index (χ1) is 7.65. The molecule has 0 aromatic carbocycles. The number of hydrogen-bond acceptors (Lipinski definition) is 3. The topological polar surface area (TPSA) is 50.9 Å². The second kappa shape index (κ2) is 4.95. The van der Waals surface area contributed by atoms with E-state index in [-0.39, 0.29) is 6.10 Å². The first-order valence-corrected chi connectivity index (χ1v) is 6.18. The van der Waals surface area contributed by atoms with Crippen molar-refractivity contribution in [3.05, 3.63) is 11.9 Å². The smallest absolute Gasteiger partial charge is 0.0852 e. The van der Waals surface area contributed by atoms with Crippen LogP contribution < -0.4 is 0 Å². The lowest BCUT2D eigenvalue weighted by atomic mass is 9.78. The lowest BCUT2D eigenvalue weighted by Gasteiger charge is -2.30. The molecule has 1 aliphatic carbocycles. The van der Waals surface area contributed by atoms with Gasteiger partial charge >= 0.3 is 0 Å². The van der Waals surface area contributed by atoms with Crippen molar-refractivity contribution in [2.45, 2.75) is 45.1 Å². The molecular formula is C12H21N3O. The van der Waals surface area contributed by atoms with Gasteiger partial charge in [-0.05, 0) is 24.7 Å². The van der Waals surface area contributed by atoms with Crippen molar-refractivity contribution in [2.75, 3.05) is 0 Å². The normalized spacial score (nSPS) is 27.9. The highest BCUT2D eigenvalue weighted by atomic mass is 16.3. The van der Waals surface area contributed by atoms with Crippen LogP contribution in [0.5, 0.6) is 0 Å². The summed E-state index contributed by atoms with van der Waals surface area (Å²) in [6.07, 6.45) is 7.16. The molecule has 0 radical (unpaired) electrons. The van der Waals surface area contributed by atoms with Crippen LogP contribution in [-0.4, -0.2) is 26.2 Å². The molecule has 1 aromatic heterocycles. The van der Waals surface area contributed by atoms with Gasteiger partial charge in [0.15, 0.2) is 0 Å². The van der Waals surface area contributed by atoms with Gasteiger partial charge in [-0.15, -0.1) is 5.10 Å². The Kier molecular flexibility index (Phi) is 3.59. The van der Waals surface area contributed by atoms with Crippen molar-refractivity contribution in [3.63, 3.8) is 0 Å². The average Bonchev–Trinajstić information content (AvgIpc) is 2.64. The minimum Gasteiger partial charge on any atom is -0.392 e. The molecule has 4 nitrogen and oxygen atoms in total. The maximum atomic E-state index is 10.2. The Labute approximate surface area is 96.7 Å². The molecule has 1 N–H and O–H groups in total. The SMILES string of the molecule is CC1CCCC(C(O)Cc2cn(C)nn2)C1. The highest BCUT2D eigenvalue weighted by Crippen LogP contribution is 2.31. The Morgan fingerprint density at radius 3 is 3.00 bits per heavy atom. The van der Waals surface area contributed by atoms with E-state index in [2.05, 4.69) is 17.2 Å². The predicted molar refractivity (Wildman–Crippen MR) is 61.8 cm³/mol. The van der Waals surface area contributed by atoms with Gasteiger partial charge in [0.1, 0.15) is 0 Å². The third-order valence-corrected chi connectivity index (χ3v) is 3.59. The number of aromatic nitrogens is 3. The van der Waals surface area contributed by atoms with E-state index in [0.717, 1.165) is 24.5 Å². The number of aryl methyl sites for hydroxylation is 1. The van der Waals surface area contributed by atoms with Gasteiger partial charge in [-0.2, -0.15) is 0 Å². The number of nitrogens with zero attached hydrogens (tertiary/aromatic N) is 3. The van der Waals surface area contributed by atoms with Crippen LogP contribution in [0.4, 0.5) is 0 Å². The zero-order chi connectivity index (χ0) is 11.5. The number of aliphatic hydroxyl groups excluding tert-OH is 1. The summed E-state index contributed by atoms with van der Waals surface area (Å²) in [6.45, 7) is 2.28. The fourth-order valence-electron chi connectivity index (χ4n) is 2.70. The predicted octanol–water partition coefficient (Wildman–Crippen LogP) is 1.54. The average molecular weight is 223 g/mol. The summed E-state index contributed by atoms with van der Waals surface area (Å²) in [4.78, 5) is 0. The molecule has 3 unspecified atom stereocenters. The highest BCUT2D eigenvalue weighted by molar-refractivity contribution is 4.95. The number of hydrogen-bond donors (Lipinski definition) is 1. The zero-order valence-electron chi connectivity index (χ0n) is 10.1. The first-order valence-electron chi connectivity index (χ1n) is 6.18. The van der Waals surface area contributed by atoms with Crippen LogP contribution in [0.2, 0.25) is 0 Å². The summed E-state index contributed by atoms with van der Waals surface area (Å²) in [6, 6.07) is 0. The van der Waals surface area contributed by atoms with E-state index >= 15 is 0 Å². The van der Waals surface area contributed by atoms with Crippen LogP contribution >= 0.6 is 0 Å². The second-order valence-electron chi connectivity index (χ2n) is 5.19. The van der Waals surface area contributed by atoms with E-state index in [1.54, 1.807) is 4.68 Å². The lowest BCUT2D eigenvalue weighted by Crippen LogP contribution is -2.27. The largest absolute Gasteiger partial charge is 0.392 e. The first kappa shape index (κ1) is 11.6. The quantitative estimate of drug-likeness (QED) is 0.845. The van der Waals surface area contributed by atoms with Crippen LogP contribution in [0.3, 0.4) is 0 Å². The molecule has 1 aromatic rings. The van der Waals surface area contributed by atoms with Gasteiger partial charge in [-0.25, -0.2) is 0 Å². The molecule has 3 atom stereocenters. The molecule has 90 valence electrons. The molecule has 1 fully saturated rings. The maximum Gasteiger partial charge on any atom is 0.0852 e. The van der Waals surface area contributed by atoms with Gasteiger partial charge in [0.25, 0.3) is 0 Å². The molecule has 0 bridgehead atoms. The molecule has 4 heteroatoms. The summed E-state index contributed by atoms with van der Waals surface area (Å²) in [7, 11) is 1.85. The molecule has 0 saturated heterocycles. The Morgan fingerprint density at radius 1 is 1.56 bits per heavy atom. The molecule has 1 saturated carbocycles. The van der Waals surface area contributed by atoms with Crippen LogP contribution in [-0.2, 0) is 13.5 Å². The fraction of sp³-hybridized carbons (Fsp3) is 0.833. The monoisotopic (exact) mass is 223 g/mol. The molecule has 0 amide bonds. The van der Waals surface area contributed by atoms with Gasteiger partial charge in [0, 0.05) is 19.7 Å². The van der Waals surface area contributed by atoms with E-state index < -0.39 is 0 Å². The van der Waals surface area contributed by atoms with Gasteiger partial charge in [-0.1, -0.05) is 25.0 Å². The summed E-state index contributed by atoms with van der Waals surface area (Å²) in [5, 5.41) is 18.1. The highest BCUT2D eigenvalue weighted by Gasteiger charge is 2.25. The number of rotatable bonds is 3. The fourth-order valence-corrected chi connectivity index (χ4v) is 2.70. The molecule has 2 rings (SSSR count). The van der Waals surface area contributed by atoms with Crippen molar-refractivity contribution in [1.29, 1.82) is 0 Å². The molecule has 0 spiro atoms. The minimum absolute atomic E-state index is 0.251. The van der Waals surface area contributed by atoms with Crippen LogP contribution in [0.1, 0.15) is 38.3 Å². The van der Waals surface area contributed by atoms with Crippen molar-refractivity contribution in [1.82, 2.24) is 15.0 Å². The molecule has 1 aliphatic rings. The van der Waals surface area contributed by atoms with Crippen molar-refractivity contribution in [3.8, 4) is 0 Å². The number of aliphatic hydroxyl groups is 1.